The molecule has 1 N–H and O–H groups in total. The Kier molecular flexibility index (Phi) is 5.91. The lowest BCUT2D eigenvalue weighted by Crippen LogP contribution is -2.12. The van der Waals surface area contributed by atoms with Gasteiger partial charge in [0.05, 0.1) is 18.2 Å². The van der Waals surface area contributed by atoms with E-state index in [9.17, 15) is 4.39 Å². The standard InChI is InChI=1S/C18H18ClFN4O2/c1-2-25-18-7-13(9-23-24-11-21-22-12-24)3-6-17(18)26-10-14-4-5-15(20)8-16(14)19/h3-8,11-12,23H,2,9-10H2,1H3. The maximum absolute atomic E-state index is 13.1. The third-order valence-electron chi connectivity index (χ3n) is 3.59. The van der Waals surface area contributed by atoms with Gasteiger partial charge in [0.1, 0.15) is 25.1 Å². The van der Waals surface area contributed by atoms with Gasteiger partial charge in [-0.15, -0.1) is 10.2 Å². The molecule has 0 unspecified atom stereocenters. The van der Waals surface area contributed by atoms with E-state index in [4.69, 9.17) is 21.1 Å². The van der Waals surface area contributed by atoms with Crippen LogP contribution in [0.4, 0.5) is 4.39 Å². The number of nitrogens with one attached hydrogen (secondary N) is 1. The van der Waals surface area contributed by atoms with Gasteiger partial charge in [0.2, 0.25) is 0 Å². The van der Waals surface area contributed by atoms with E-state index in [1.165, 1.54) is 12.1 Å². The van der Waals surface area contributed by atoms with Crippen LogP contribution in [0.5, 0.6) is 11.5 Å². The van der Waals surface area contributed by atoms with E-state index in [-0.39, 0.29) is 12.4 Å². The van der Waals surface area contributed by atoms with Crippen LogP contribution >= 0.6 is 11.6 Å². The Balaban J connectivity index is 1.69. The highest BCUT2D eigenvalue weighted by Gasteiger charge is 2.09. The second kappa shape index (κ2) is 8.53. The van der Waals surface area contributed by atoms with Crippen molar-refractivity contribution in [2.45, 2.75) is 20.1 Å². The van der Waals surface area contributed by atoms with E-state index >= 15 is 0 Å². The van der Waals surface area contributed by atoms with Crippen molar-refractivity contribution in [1.29, 1.82) is 0 Å². The fraction of sp³-hybridized carbons (Fsp3) is 0.222. The summed E-state index contributed by atoms with van der Waals surface area (Å²) < 4.78 is 26.3. The summed E-state index contributed by atoms with van der Waals surface area (Å²) in [6.07, 6.45) is 3.15. The van der Waals surface area contributed by atoms with Crippen molar-refractivity contribution in [2.24, 2.45) is 0 Å². The lowest BCUT2D eigenvalue weighted by Gasteiger charge is -2.14. The van der Waals surface area contributed by atoms with Gasteiger partial charge in [-0.05, 0) is 36.8 Å². The molecule has 0 atom stereocenters. The summed E-state index contributed by atoms with van der Waals surface area (Å²) in [5.41, 5.74) is 4.85. The molecule has 1 heterocycles. The predicted octanol–water partition coefficient (Wildman–Crippen LogP) is 3.79. The van der Waals surface area contributed by atoms with Gasteiger partial charge in [-0.3, -0.25) is 0 Å². The first-order valence-electron chi connectivity index (χ1n) is 8.06. The molecule has 0 saturated heterocycles. The predicted molar refractivity (Wildman–Crippen MR) is 96.4 cm³/mol. The van der Waals surface area contributed by atoms with Gasteiger partial charge in [0.25, 0.3) is 0 Å². The number of aromatic nitrogens is 3. The fourth-order valence-corrected chi connectivity index (χ4v) is 2.53. The molecule has 8 heteroatoms. The van der Waals surface area contributed by atoms with E-state index in [2.05, 4.69) is 15.6 Å². The van der Waals surface area contributed by atoms with Gasteiger partial charge in [0, 0.05) is 5.56 Å². The van der Waals surface area contributed by atoms with Gasteiger partial charge < -0.3 is 14.9 Å². The van der Waals surface area contributed by atoms with Crippen LogP contribution in [-0.2, 0) is 13.2 Å². The molecule has 0 spiro atoms. The van der Waals surface area contributed by atoms with Crippen LogP contribution in [-0.4, -0.2) is 21.5 Å². The van der Waals surface area contributed by atoms with E-state index in [0.717, 1.165) is 5.56 Å². The number of hydrogen-bond donors (Lipinski definition) is 1. The summed E-state index contributed by atoms with van der Waals surface area (Å²) in [6.45, 7) is 3.21. The largest absolute Gasteiger partial charge is 0.490 e. The Morgan fingerprint density at radius 3 is 2.62 bits per heavy atom. The lowest BCUT2D eigenvalue weighted by atomic mass is 10.2. The molecular weight excluding hydrogens is 359 g/mol. The van der Waals surface area contributed by atoms with Crippen molar-refractivity contribution in [2.75, 3.05) is 12.0 Å². The molecule has 3 aromatic rings. The molecule has 0 aliphatic rings. The molecule has 0 aliphatic carbocycles. The average Bonchev–Trinajstić information content (AvgIpc) is 3.14. The Hall–Kier alpha value is -2.80. The molecular formula is C18H18ClFN4O2. The zero-order chi connectivity index (χ0) is 18.4. The third kappa shape index (κ3) is 4.64. The maximum atomic E-state index is 13.1. The fourth-order valence-electron chi connectivity index (χ4n) is 2.31. The van der Waals surface area contributed by atoms with Gasteiger partial charge in [-0.2, -0.15) is 0 Å². The zero-order valence-corrected chi connectivity index (χ0v) is 14.9. The van der Waals surface area contributed by atoms with Crippen molar-refractivity contribution in [3.63, 3.8) is 0 Å². The first-order chi connectivity index (χ1) is 12.7. The number of hydrogen-bond acceptors (Lipinski definition) is 5. The molecule has 2 aromatic carbocycles. The molecule has 3 rings (SSSR count). The minimum absolute atomic E-state index is 0.220. The van der Waals surface area contributed by atoms with Crippen LogP contribution < -0.4 is 14.9 Å². The molecule has 0 amide bonds. The lowest BCUT2D eigenvalue weighted by molar-refractivity contribution is 0.269. The first-order valence-corrected chi connectivity index (χ1v) is 8.44. The number of rotatable bonds is 8. The Bertz CT molecular complexity index is 858. The highest BCUT2D eigenvalue weighted by molar-refractivity contribution is 6.31. The molecule has 26 heavy (non-hydrogen) atoms. The first kappa shape index (κ1) is 18.0. The van der Waals surface area contributed by atoms with Crippen LogP contribution in [0.15, 0.2) is 49.1 Å². The normalized spacial score (nSPS) is 10.6. The summed E-state index contributed by atoms with van der Waals surface area (Å²) in [4.78, 5) is 0. The summed E-state index contributed by atoms with van der Waals surface area (Å²) in [6, 6.07) is 9.90. The van der Waals surface area contributed by atoms with Crippen LogP contribution in [0.25, 0.3) is 0 Å². The second-order valence-corrected chi connectivity index (χ2v) is 5.85. The zero-order valence-electron chi connectivity index (χ0n) is 14.2. The second-order valence-electron chi connectivity index (χ2n) is 5.44. The molecule has 0 bridgehead atoms. The Morgan fingerprint density at radius 2 is 1.88 bits per heavy atom. The SMILES string of the molecule is CCOc1cc(CNn2cnnc2)ccc1OCc1ccc(F)cc1Cl. The van der Waals surface area contributed by atoms with Crippen LogP contribution in [0, 0.1) is 5.82 Å². The molecule has 6 nitrogen and oxygen atoms in total. The van der Waals surface area contributed by atoms with Gasteiger partial charge in [-0.1, -0.05) is 23.7 Å². The van der Waals surface area contributed by atoms with Crippen molar-refractivity contribution in [3.8, 4) is 11.5 Å². The number of halogens is 2. The Labute approximate surface area is 155 Å². The monoisotopic (exact) mass is 376 g/mol. The molecule has 0 fully saturated rings. The summed E-state index contributed by atoms with van der Waals surface area (Å²) in [7, 11) is 0. The number of nitrogens with zero attached hydrogens (tertiary/aromatic N) is 3. The van der Waals surface area contributed by atoms with Crippen molar-refractivity contribution < 1.29 is 13.9 Å². The van der Waals surface area contributed by atoms with Crippen molar-refractivity contribution >= 4 is 11.6 Å². The summed E-state index contributed by atoms with van der Waals surface area (Å²) >= 11 is 6.04. The van der Waals surface area contributed by atoms with Gasteiger partial charge in [0.15, 0.2) is 11.5 Å². The van der Waals surface area contributed by atoms with Crippen molar-refractivity contribution in [1.82, 2.24) is 14.9 Å². The molecule has 136 valence electrons. The van der Waals surface area contributed by atoms with Crippen LogP contribution in [0.2, 0.25) is 5.02 Å². The molecule has 0 radical (unpaired) electrons. The summed E-state index contributed by atoms with van der Waals surface area (Å²) in [5, 5.41) is 7.80. The number of ether oxygens (including phenoxy) is 2. The van der Waals surface area contributed by atoms with E-state index in [1.807, 2.05) is 25.1 Å². The van der Waals surface area contributed by atoms with E-state index in [1.54, 1.807) is 23.4 Å². The quantitative estimate of drug-likeness (QED) is 0.648. The summed E-state index contributed by atoms with van der Waals surface area (Å²) in [5.74, 6) is 0.854. The minimum Gasteiger partial charge on any atom is -0.490 e. The van der Waals surface area contributed by atoms with Gasteiger partial charge >= 0.3 is 0 Å². The highest BCUT2D eigenvalue weighted by atomic mass is 35.5. The smallest absolute Gasteiger partial charge is 0.161 e. The highest BCUT2D eigenvalue weighted by Crippen LogP contribution is 2.30. The van der Waals surface area contributed by atoms with E-state index in [0.29, 0.717) is 35.2 Å². The van der Waals surface area contributed by atoms with Gasteiger partial charge in [-0.25, -0.2) is 9.07 Å². The molecule has 1 aromatic heterocycles. The molecule has 0 saturated carbocycles. The number of benzene rings is 2. The van der Waals surface area contributed by atoms with E-state index < -0.39 is 0 Å². The average molecular weight is 377 g/mol. The van der Waals surface area contributed by atoms with Crippen LogP contribution in [0.1, 0.15) is 18.1 Å². The maximum Gasteiger partial charge on any atom is 0.161 e. The topological polar surface area (TPSA) is 61.2 Å². The minimum atomic E-state index is -0.376. The molecule has 0 aliphatic heterocycles. The Morgan fingerprint density at radius 1 is 1.08 bits per heavy atom. The third-order valence-corrected chi connectivity index (χ3v) is 3.94. The van der Waals surface area contributed by atoms with Crippen LogP contribution in [0.3, 0.4) is 0 Å². The van der Waals surface area contributed by atoms with Crippen molar-refractivity contribution in [3.05, 3.63) is 71.0 Å².